The molecule has 3 aromatic carbocycles. The molecule has 0 saturated carbocycles. The van der Waals surface area contributed by atoms with Gasteiger partial charge in [-0.25, -0.2) is 0 Å². The molecule has 33 heavy (non-hydrogen) atoms. The van der Waals surface area contributed by atoms with Crippen molar-refractivity contribution in [1.82, 2.24) is 0 Å². The average Bonchev–Trinajstić information content (AvgIpc) is 3.09. The smallest absolute Gasteiger partial charge is 0.280 e. The van der Waals surface area contributed by atoms with Crippen molar-refractivity contribution in [2.75, 3.05) is 12.1 Å². The van der Waals surface area contributed by atoms with E-state index in [-0.39, 0.29) is 12.5 Å². The molecule has 3 aromatic rings. The predicted octanol–water partition coefficient (Wildman–Crippen LogP) is 7.15. The zero-order valence-electron chi connectivity index (χ0n) is 17.8. The number of hydrazone groups is 1. The Morgan fingerprint density at radius 3 is 2.52 bits per heavy atom. The lowest BCUT2D eigenvalue weighted by Crippen LogP contribution is -2.21. The van der Waals surface area contributed by atoms with E-state index in [4.69, 9.17) is 32.7 Å². The van der Waals surface area contributed by atoms with Gasteiger partial charge in [-0.1, -0.05) is 47.5 Å². The lowest BCUT2D eigenvalue weighted by atomic mass is 10.1. The molecule has 0 unspecified atom stereocenters. The van der Waals surface area contributed by atoms with Crippen molar-refractivity contribution < 1.29 is 14.3 Å². The molecule has 1 heterocycles. The molecule has 0 aromatic heterocycles. The van der Waals surface area contributed by atoms with Crippen molar-refractivity contribution in [3.63, 3.8) is 0 Å². The van der Waals surface area contributed by atoms with Gasteiger partial charge in [0.2, 0.25) is 0 Å². The highest BCUT2D eigenvalue weighted by Gasteiger charge is 2.28. The first kappa shape index (κ1) is 23.4. The highest BCUT2D eigenvalue weighted by atomic mass is 79.9. The van der Waals surface area contributed by atoms with Crippen molar-refractivity contribution in [3.8, 4) is 11.5 Å². The minimum atomic E-state index is -0.186. The average molecular weight is 546 g/mol. The molecule has 8 heteroatoms. The standard InChI is InChI=1S/C25H19BrCl2N2O3/c1-15-19(25(31)30(29-15)18-6-4-3-5-7-18)10-17-11-20(26)24(23(13-17)32-2)33-14-16-8-9-21(27)22(28)12-16/h3-13H,14H2,1-2H3/b19-10+. The van der Waals surface area contributed by atoms with Crippen LogP contribution in [0.3, 0.4) is 0 Å². The number of carbonyl (C=O) groups excluding carboxylic acids is 1. The van der Waals surface area contributed by atoms with Crippen molar-refractivity contribution in [3.05, 3.63) is 91.9 Å². The predicted molar refractivity (Wildman–Crippen MR) is 137 cm³/mol. The molecule has 5 nitrogen and oxygen atoms in total. The minimum absolute atomic E-state index is 0.186. The number of carbonyl (C=O) groups is 1. The molecule has 1 aliphatic heterocycles. The summed E-state index contributed by atoms with van der Waals surface area (Å²) in [5.41, 5.74) is 3.51. The number of ether oxygens (including phenoxy) is 2. The van der Waals surface area contributed by atoms with E-state index >= 15 is 0 Å². The number of hydrogen-bond donors (Lipinski definition) is 0. The fourth-order valence-electron chi connectivity index (χ4n) is 3.34. The quantitative estimate of drug-likeness (QED) is 0.309. The van der Waals surface area contributed by atoms with Crippen molar-refractivity contribution in [1.29, 1.82) is 0 Å². The number of methoxy groups -OCH3 is 1. The van der Waals surface area contributed by atoms with Gasteiger partial charge in [0.05, 0.1) is 38.6 Å². The van der Waals surface area contributed by atoms with Crippen LogP contribution >= 0.6 is 39.1 Å². The molecule has 0 aliphatic carbocycles. The normalized spacial score (nSPS) is 14.6. The number of hydrogen-bond acceptors (Lipinski definition) is 4. The molecule has 1 aliphatic rings. The van der Waals surface area contributed by atoms with Crippen LogP contribution in [0.15, 0.2) is 75.8 Å². The fraction of sp³-hybridized carbons (Fsp3) is 0.120. The molecule has 0 radical (unpaired) electrons. The van der Waals surface area contributed by atoms with Crippen LogP contribution in [0.2, 0.25) is 10.0 Å². The zero-order chi connectivity index (χ0) is 23.5. The molecule has 0 bridgehead atoms. The van der Waals surface area contributed by atoms with Crippen molar-refractivity contribution in [2.24, 2.45) is 5.10 Å². The third-order valence-corrected chi connectivity index (χ3v) is 6.32. The summed E-state index contributed by atoms with van der Waals surface area (Å²) >= 11 is 15.6. The van der Waals surface area contributed by atoms with Gasteiger partial charge in [-0.3, -0.25) is 4.79 Å². The highest BCUT2D eigenvalue weighted by molar-refractivity contribution is 9.10. The SMILES string of the molecule is COc1cc(/C=C2/C(=O)N(c3ccccc3)N=C2C)cc(Br)c1OCc1ccc(Cl)c(Cl)c1. The van der Waals surface area contributed by atoms with Gasteiger partial charge in [0, 0.05) is 0 Å². The Balaban J connectivity index is 1.59. The third kappa shape index (κ3) is 5.08. The van der Waals surface area contributed by atoms with E-state index < -0.39 is 0 Å². The summed E-state index contributed by atoms with van der Waals surface area (Å²) in [7, 11) is 1.56. The number of para-hydroxylation sites is 1. The molecule has 0 fully saturated rings. The summed E-state index contributed by atoms with van der Waals surface area (Å²) in [6.45, 7) is 2.09. The summed E-state index contributed by atoms with van der Waals surface area (Å²) in [5, 5.41) is 6.78. The van der Waals surface area contributed by atoms with Crippen molar-refractivity contribution >= 4 is 62.5 Å². The Morgan fingerprint density at radius 2 is 1.82 bits per heavy atom. The van der Waals surface area contributed by atoms with E-state index in [9.17, 15) is 4.79 Å². The van der Waals surface area contributed by atoms with Crippen LogP contribution in [0.1, 0.15) is 18.1 Å². The molecule has 0 N–H and O–H groups in total. The second-order valence-corrected chi connectivity index (χ2v) is 8.94. The van der Waals surface area contributed by atoms with Crippen LogP contribution in [0.5, 0.6) is 11.5 Å². The Bertz CT molecular complexity index is 1280. The molecular formula is C25H19BrCl2N2O3. The van der Waals surface area contributed by atoms with Crippen LogP contribution in [0.4, 0.5) is 5.69 Å². The van der Waals surface area contributed by atoms with Gasteiger partial charge in [-0.2, -0.15) is 10.1 Å². The van der Waals surface area contributed by atoms with Gasteiger partial charge in [-0.15, -0.1) is 0 Å². The third-order valence-electron chi connectivity index (χ3n) is 4.99. The Kier molecular flexibility index (Phi) is 7.08. The molecule has 0 saturated heterocycles. The topological polar surface area (TPSA) is 51.1 Å². The molecule has 0 atom stereocenters. The molecule has 0 spiro atoms. The maximum absolute atomic E-state index is 13.0. The van der Waals surface area contributed by atoms with E-state index in [1.807, 2.05) is 55.5 Å². The van der Waals surface area contributed by atoms with E-state index in [2.05, 4.69) is 21.0 Å². The first-order chi connectivity index (χ1) is 15.9. The van der Waals surface area contributed by atoms with Crippen LogP contribution in [0, 0.1) is 0 Å². The Morgan fingerprint density at radius 1 is 1.06 bits per heavy atom. The lowest BCUT2D eigenvalue weighted by Gasteiger charge is -2.14. The molecule has 4 rings (SSSR count). The van der Waals surface area contributed by atoms with Crippen molar-refractivity contribution in [2.45, 2.75) is 13.5 Å². The number of benzene rings is 3. The maximum Gasteiger partial charge on any atom is 0.280 e. The van der Waals surface area contributed by atoms with Crippen LogP contribution < -0.4 is 14.5 Å². The van der Waals surface area contributed by atoms with Gasteiger partial charge in [-0.05, 0) is 76.5 Å². The summed E-state index contributed by atoms with van der Waals surface area (Å²) < 4.78 is 12.2. The summed E-state index contributed by atoms with van der Waals surface area (Å²) in [6.07, 6.45) is 1.79. The fourth-order valence-corrected chi connectivity index (χ4v) is 4.24. The molecule has 168 valence electrons. The number of nitrogens with zero attached hydrogens (tertiary/aromatic N) is 2. The van der Waals surface area contributed by atoms with Gasteiger partial charge >= 0.3 is 0 Å². The highest BCUT2D eigenvalue weighted by Crippen LogP contribution is 2.38. The first-order valence-corrected chi connectivity index (χ1v) is 11.5. The van der Waals surface area contributed by atoms with Gasteiger partial charge in [0.25, 0.3) is 5.91 Å². The second-order valence-electron chi connectivity index (χ2n) is 7.27. The molecule has 1 amide bonds. The zero-order valence-corrected chi connectivity index (χ0v) is 20.9. The molecular weight excluding hydrogens is 527 g/mol. The van der Waals surface area contributed by atoms with Gasteiger partial charge < -0.3 is 9.47 Å². The Hall–Kier alpha value is -2.80. The largest absolute Gasteiger partial charge is 0.493 e. The van der Waals surface area contributed by atoms with E-state index in [0.717, 1.165) is 16.8 Å². The van der Waals surface area contributed by atoms with E-state index in [0.29, 0.717) is 37.3 Å². The number of anilines is 1. The first-order valence-electron chi connectivity index (χ1n) is 9.98. The van der Waals surface area contributed by atoms with E-state index in [1.165, 1.54) is 5.01 Å². The monoisotopic (exact) mass is 544 g/mol. The van der Waals surface area contributed by atoms with E-state index in [1.54, 1.807) is 25.3 Å². The number of rotatable bonds is 6. The second kappa shape index (κ2) is 10.00. The number of halogens is 3. The van der Waals surface area contributed by atoms with Crippen LogP contribution in [0.25, 0.3) is 6.08 Å². The summed E-state index contributed by atoms with van der Waals surface area (Å²) in [4.78, 5) is 13.0. The summed E-state index contributed by atoms with van der Waals surface area (Å²) in [5.74, 6) is 0.879. The lowest BCUT2D eigenvalue weighted by molar-refractivity contribution is -0.114. The van der Waals surface area contributed by atoms with Gasteiger partial charge in [0.1, 0.15) is 6.61 Å². The Labute approximate surface area is 210 Å². The minimum Gasteiger partial charge on any atom is -0.493 e. The number of amides is 1. The summed E-state index contributed by atoms with van der Waals surface area (Å²) in [6, 6.07) is 18.3. The maximum atomic E-state index is 13.0. The van der Waals surface area contributed by atoms with Crippen LogP contribution in [-0.2, 0) is 11.4 Å². The van der Waals surface area contributed by atoms with Gasteiger partial charge in [0.15, 0.2) is 11.5 Å². The van der Waals surface area contributed by atoms with Crippen LogP contribution in [-0.4, -0.2) is 18.7 Å².